The predicted molar refractivity (Wildman–Crippen MR) is 73.3 cm³/mol. The number of pyridine rings is 1. The Morgan fingerprint density at radius 2 is 1.89 bits per heavy atom. The minimum Gasteiger partial charge on any atom is -0.261 e. The summed E-state index contributed by atoms with van der Waals surface area (Å²) < 4.78 is 1.98. The topological polar surface area (TPSA) is 59.4 Å². The number of nitrogens with one attached hydrogen (secondary N) is 1. The van der Waals surface area contributed by atoms with E-state index >= 15 is 0 Å². The van der Waals surface area contributed by atoms with Crippen LogP contribution in [-0.4, -0.2) is 24.7 Å². The molecule has 0 radical (unpaired) electrons. The highest BCUT2D eigenvalue weighted by molar-refractivity contribution is 6.07. The van der Waals surface area contributed by atoms with Gasteiger partial charge in [0.15, 0.2) is 0 Å². The van der Waals surface area contributed by atoms with Crippen LogP contribution in [0.25, 0.3) is 27.9 Å². The summed E-state index contributed by atoms with van der Waals surface area (Å²) in [5.41, 5.74) is 1.94. The molecule has 0 bridgehead atoms. The van der Waals surface area contributed by atoms with Gasteiger partial charge in [-0.2, -0.15) is 4.98 Å². The van der Waals surface area contributed by atoms with Gasteiger partial charge in [-0.15, -0.1) is 5.10 Å². The van der Waals surface area contributed by atoms with E-state index in [0.29, 0.717) is 5.95 Å². The lowest BCUT2D eigenvalue weighted by Gasteiger charge is -1.99. The van der Waals surface area contributed by atoms with Crippen molar-refractivity contribution in [3.8, 4) is 5.95 Å². The van der Waals surface area contributed by atoms with E-state index in [4.69, 9.17) is 0 Å². The largest absolute Gasteiger partial charge is 0.261 e. The minimum atomic E-state index is 0.627. The number of aromatic nitrogens is 5. The van der Waals surface area contributed by atoms with Crippen molar-refractivity contribution < 1.29 is 0 Å². The Balaban J connectivity index is 2.23. The number of aromatic amines is 1. The fraction of sp³-hybridized carbons (Fsp3) is 0.0714. The lowest BCUT2D eigenvalue weighted by molar-refractivity contribution is 0.975. The quantitative estimate of drug-likeness (QED) is 0.564. The maximum Gasteiger partial charge on any atom is 0.255 e. The van der Waals surface area contributed by atoms with Crippen LogP contribution in [0.1, 0.15) is 5.82 Å². The molecule has 1 aromatic carbocycles. The molecule has 92 valence electrons. The molecule has 3 aromatic heterocycles. The second-order valence-corrected chi connectivity index (χ2v) is 4.45. The van der Waals surface area contributed by atoms with Gasteiger partial charge in [0, 0.05) is 17.0 Å². The second-order valence-electron chi connectivity index (χ2n) is 4.45. The smallest absolute Gasteiger partial charge is 0.255 e. The number of hydrogen-bond donors (Lipinski definition) is 1. The molecular formula is C14H11N5. The molecule has 19 heavy (non-hydrogen) atoms. The van der Waals surface area contributed by atoms with E-state index in [-0.39, 0.29) is 0 Å². The standard InChI is InChI=1S/C14H11N5/c1-9-16-14(18-17-9)19-12-7-3-2-5-10(12)11-6-4-8-15-13(11)19/h2-8H,1H3,(H,16,17,18). The van der Waals surface area contributed by atoms with Crippen LogP contribution in [-0.2, 0) is 0 Å². The highest BCUT2D eigenvalue weighted by Gasteiger charge is 2.14. The van der Waals surface area contributed by atoms with E-state index in [0.717, 1.165) is 27.8 Å². The highest BCUT2D eigenvalue weighted by atomic mass is 15.3. The number of hydrogen-bond acceptors (Lipinski definition) is 3. The molecule has 5 heteroatoms. The Morgan fingerprint density at radius 1 is 1.05 bits per heavy atom. The van der Waals surface area contributed by atoms with E-state index in [9.17, 15) is 0 Å². The van der Waals surface area contributed by atoms with Gasteiger partial charge in [-0.05, 0) is 25.1 Å². The Labute approximate surface area is 108 Å². The maximum absolute atomic E-state index is 4.47. The summed E-state index contributed by atoms with van der Waals surface area (Å²) in [6.07, 6.45) is 1.79. The van der Waals surface area contributed by atoms with Crippen LogP contribution in [0, 0.1) is 6.92 Å². The maximum atomic E-state index is 4.47. The van der Waals surface area contributed by atoms with Gasteiger partial charge in [-0.1, -0.05) is 18.2 Å². The summed E-state index contributed by atoms with van der Waals surface area (Å²) in [6.45, 7) is 1.89. The monoisotopic (exact) mass is 249 g/mol. The van der Waals surface area contributed by atoms with Crippen molar-refractivity contribution in [1.82, 2.24) is 24.7 Å². The summed E-state index contributed by atoms with van der Waals surface area (Å²) in [5.74, 6) is 1.42. The third kappa shape index (κ3) is 1.38. The third-order valence-corrected chi connectivity index (χ3v) is 3.22. The number of rotatable bonds is 1. The van der Waals surface area contributed by atoms with E-state index in [2.05, 4.69) is 38.4 Å². The van der Waals surface area contributed by atoms with Gasteiger partial charge in [0.2, 0.25) is 0 Å². The molecular weight excluding hydrogens is 238 g/mol. The molecule has 0 saturated carbocycles. The van der Waals surface area contributed by atoms with E-state index in [1.165, 1.54) is 0 Å². The second kappa shape index (κ2) is 3.65. The van der Waals surface area contributed by atoms with Gasteiger partial charge in [-0.3, -0.25) is 9.67 Å². The van der Waals surface area contributed by atoms with Crippen LogP contribution in [0.2, 0.25) is 0 Å². The summed E-state index contributed by atoms with van der Waals surface area (Å²) in [7, 11) is 0. The number of benzene rings is 1. The average Bonchev–Trinajstić information content (AvgIpc) is 3.00. The van der Waals surface area contributed by atoms with E-state index in [1.807, 2.05) is 29.7 Å². The van der Waals surface area contributed by atoms with Gasteiger partial charge in [0.05, 0.1) is 5.52 Å². The Bertz CT molecular complexity index is 834. The number of H-pyrrole nitrogens is 1. The zero-order valence-corrected chi connectivity index (χ0v) is 10.3. The molecule has 1 N–H and O–H groups in total. The molecule has 0 saturated heterocycles. The van der Waals surface area contributed by atoms with Gasteiger partial charge < -0.3 is 0 Å². The van der Waals surface area contributed by atoms with Gasteiger partial charge in [-0.25, -0.2) is 4.98 Å². The third-order valence-electron chi connectivity index (χ3n) is 3.22. The molecule has 0 atom stereocenters. The van der Waals surface area contributed by atoms with Crippen molar-refractivity contribution in [2.24, 2.45) is 0 Å². The first-order chi connectivity index (χ1) is 9.34. The van der Waals surface area contributed by atoms with Crippen LogP contribution in [0.15, 0.2) is 42.6 Å². The Kier molecular flexibility index (Phi) is 1.97. The molecule has 0 aliphatic rings. The number of fused-ring (bicyclic) bond motifs is 3. The van der Waals surface area contributed by atoms with E-state index in [1.54, 1.807) is 6.20 Å². The van der Waals surface area contributed by atoms with Crippen LogP contribution in [0.5, 0.6) is 0 Å². The van der Waals surface area contributed by atoms with Crippen molar-refractivity contribution >= 4 is 21.9 Å². The lowest BCUT2D eigenvalue weighted by Crippen LogP contribution is -1.97. The number of para-hydroxylation sites is 1. The van der Waals surface area contributed by atoms with Crippen molar-refractivity contribution in [2.75, 3.05) is 0 Å². The average molecular weight is 249 g/mol. The van der Waals surface area contributed by atoms with Crippen LogP contribution < -0.4 is 0 Å². The molecule has 0 aliphatic carbocycles. The molecule has 4 aromatic rings. The van der Waals surface area contributed by atoms with Crippen molar-refractivity contribution in [3.05, 3.63) is 48.4 Å². The fourth-order valence-corrected chi connectivity index (χ4v) is 2.43. The Morgan fingerprint density at radius 3 is 2.74 bits per heavy atom. The first-order valence-corrected chi connectivity index (χ1v) is 6.08. The van der Waals surface area contributed by atoms with Gasteiger partial charge in [0.25, 0.3) is 5.95 Å². The Hall–Kier alpha value is -2.69. The number of aryl methyl sites for hydroxylation is 1. The van der Waals surface area contributed by atoms with Gasteiger partial charge in [0.1, 0.15) is 11.5 Å². The van der Waals surface area contributed by atoms with Crippen LogP contribution in [0.4, 0.5) is 0 Å². The summed E-state index contributed by atoms with van der Waals surface area (Å²) >= 11 is 0. The lowest BCUT2D eigenvalue weighted by atomic mass is 10.2. The molecule has 0 fully saturated rings. The zero-order chi connectivity index (χ0) is 12.8. The van der Waals surface area contributed by atoms with Crippen molar-refractivity contribution in [2.45, 2.75) is 6.92 Å². The van der Waals surface area contributed by atoms with Gasteiger partial charge >= 0.3 is 0 Å². The molecule has 0 aliphatic heterocycles. The first kappa shape index (κ1) is 10.3. The van der Waals surface area contributed by atoms with Crippen molar-refractivity contribution in [1.29, 1.82) is 0 Å². The molecule has 0 unspecified atom stereocenters. The minimum absolute atomic E-state index is 0.627. The molecule has 0 spiro atoms. The normalized spacial score (nSPS) is 11.4. The summed E-state index contributed by atoms with van der Waals surface area (Å²) in [5, 5.41) is 9.39. The van der Waals surface area contributed by atoms with Crippen LogP contribution >= 0.6 is 0 Å². The zero-order valence-electron chi connectivity index (χ0n) is 10.3. The SMILES string of the molecule is Cc1nc(-n2c3ccccc3c3cccnc32)n[nH]1. The number of nitrogens with zero attached hydrogens (tertiary/aromatic N) is 4. The van der Waals surface area contributed by atoms with Crippen LogP contribution in [0.3, 0.4) is 0 Å². The fourth-order valence-electron chi connectivity index (χ4n) is 2.43. The molecule has 0 amide bonds. The summed E-state index contributed by atoms with van der Waals surface area (Å²) in [4.78, 5) is 8.88. The first-order valence-electron chi connectivity index (χ1n) is 6.08. The van der Waals surface area contributed by atoms with Crippen molar-refractivity contribution in [3.63, 3.8) is 0 Å². The van der Waals surface area contributed by atoms with E-state index < -0.39 is 0 Å². The predicted octanol–water partition coefficient (Wildman–Crippen LogP) is 2.61. The molecule has 4 rings (SSSR count). The molecule has 5 nitrogen and oxygen atoms in total. The molecule has 3 heterocycles. The summed E-state index contributed by atoms with van der Waals surface area (Å²) in [6, 6.07) is 12.2. The highest BCUT2D eigenvalue weighted by Crippen LogP contribution is 2.28.